The van der Waals surface area contributed by atoms with Crippen molar-refractivity contribution < 1.29 is 14.0 Å². The summed E-state index contributed by atoms with van der Waals surface area (Å²) in [7, 11) is -0.384. The molecule has 6 heteroatoms. The second-order valence-corrected chi connectivity index (χ2v) is 7.61. The summed E-state index contributed by atoms with van der Waals surface area (Å²) in [6, 6.07) is 6.37. The van der Waals surface area contributed by atoms with Gasteiger partial charge in [0, 0.05) is 36.7 Å². The summed E-state index contributed by atoms with van der Waals surface area (Å²) in [5.41, 5.74) is 2.11. The Bertz CT molecular complexity index is 596. The van der Waals surface area contributed by atoms with Crippen LogP contribution >= 0.6 is 0 Å². The topological polar surface area (TPSA) is 63.6 Å². The van der Waals surface area contributed by atoms with Gasteiger partial charge in [-0.25, -0.2) is 0 Å². The van der Waals surface area contributed by atoms with Crippen LogP contribution in [0, 0.1) is 5.41 Å². The van der Waals surface area contributed by atoms with E-state index in [0.29, 0.717) is 6.04 Å². The first-order chi connectivity index (χ1) is 11.3. The molecule has 0 atom stereocenters. The maximum absolute atomic E-state index is 7.66. The summed E-state index contributed by atoms with van der Waals surface area (Å²) in [4.78, 5) is 0. The molecular weight excluding hydrogens is 303 g/mol. The third-order valence-electron chi connectivity index (χ3n) is 5.34. The summed E-state index contributed by atoms with van der Waals surface area (Å²) < 4.78 is 17.7. The second kappa shape index (κ2) is 6.50. The van der Waals surface area contributed by atoms with E-state index in [2.05, 4.69) is 39.1 Å². The number of hydrogen-bond acceptors (Lipinski definition) is 5. The molecule has 0 amide bonds. The van der Waals surface area contributed by atoms with E-state index in [4.69, 9.17) is 19.5 Å². The molecule has 24 heavy (non-hydrogen) atoms. The Morgan fingerprint density at radius 3 is 2.33 bits per heavy atom. The highest BCUT2D eigenvalue weighted by molar-refractivity contribution is 6.62. The normalized spacial score (nSPS) is 23.2. The van der Waals surface area contributed by atoms with Gasteiger partial charge in [-0.15, -0.1) is 0 Å². The van der Waals surface area contributed by atoms with Crippen LogP contribution in [-0.2, 0) is 14.0 Å². The summed E-state index contributed by atoms with van der Waals surface area (Å²) in [5, 5.41) is 11.2. The van der Waals surface area contributed by atoms with E-state index >= 15 is 0 Å². The van der Waals surface area contributed by atoms with Crippen LogP contribution in [0.5, 0.6) is 0 Å². The molecule has 0 unspecified atom stereocenters. The van der Waals surface area contributed by atoms with Gasteiger partial charge >= 0.3 is 7.12 Å². The zero-order valence-corrected chi connectivity index (χ0v) is 15.0. The average Bonchev–Trinajstić information content (AvgIpc) is 2.76. The third-order valence-corrected chi connectivity index (χ3v) is 5.34. The van der Waals surface area contributed by atoms with E-state index in [1.165, 1.54) is 6.21 Å². The minimum absolute atomic E-state index is 0.355. The molecule has 2 aliphatic heterocycles. The molecule has 5 nitrogen and oxygen atoms in total. The lowest BCUT2D eigenvalue weighted by Crippen LogP contribution is -2.41. The fourth-order valence-electron chi connectivity index (χ4n) is 3.01. The van der Waals surface area contributed by atoms with E-state index in [-0.39, 0.29) is 18.3 Å². The minimum atomic E-state index is -0.384. The zero-order valence-electron chi connectivity index (χ0n) is 15.0. The third kappa shape index (κ3) is 3.36. The Morgan fingerprint density at radius 2 is 1.75 bits per heavy atom. The largest absolute Gasteiger partial charge is 0.494 e. The van der Waals surface area contributed by atoms with Crippen molar-refractivity contribution >= 4 is 24.5 Å². The standard InChI is InChI=1S/C18H27BN2O3/c1-17(2)18(3,4)24-19(23-17)14-6-5-13(12-20)16(11-14)21-15-7-9-22-10-8-15/h5-6,11-12,15,20-21H,7-10H2,1-4H3. The van der Waals surface area contributed by atoms with Crippen LogP contribution in [0.2, 0.25) is 0 Å². The molecule has 1 aromatic rings. The predicted octanol–water partition coefficient (Wildman–Crippen LogP) is 2.57. The molecule has 0 radical (unpaired) electrons. The van der Waals surface area contributed by atoms with Crippen molar-refractivity contribution in [1.29, 1.82) is 5.41 Å². The first kappa shape index (κ1) is 17.5. The summed E-state index contributed by atoms with van der Waals surface area (Å²) >= 11 is 0. The maximum atomic E-state index is 7.66. The molecular formula is C18H27BN2O3. The van der Waals surface area contributed by atoms with Crippen LogP contribution in [0.4, 0.5) is 5.69 Å². The number of ether oxygens (including phenoxy) is 1. The molecule has 2 fully saturated rings. The highest BCUT2D eigenvalue weighted by atomic mass is 16.7. The first-order valence-electron chi connectivity index (χ1n) is 8.67. The molecule has 130 valence electrons. The van der Waals surface area contributed by atoms with Gasteiger partial charge in [0.2, 0.25) is 0 Å². The predicted molar refractivity (Wildman–Crippen MR) is 97.5 cm³/mol. The maximum Gasteiger partial charge on any atom is 0.494 e. The lowest BCUT2D eigenvalue weighted by molar-refractivity contribution is 0.00578. The number of nitrogens with one attached hydrogen (secondary N) is 2. The smallest absolute Gasteiger partial charge is 0.399 e. The molecule has 2 N–H and O–H groups in total. The van der Waals surface area contributed by atoms with Gasteiger partial charge in [0.1, 0.15) is 0 Å². The van der Waals surface area contributed by atoms with Crippen molar-refractivity contribution in [2.75, 3.05) is 18.5 Å². The summed E-state index contributed by atoms with van der Waals surface area (Å²) in [5.74, 6) is 0. The van der Waals surface area contributed by atoms with Crippen LogP contribution in [-0.4, -0.2) is 43.8 Å². The van der Waals surface area contributed by atoms with E-state index in [0.717, 1.165) is 42.8 Å². The van der Waals surface area contributed by atoms with Gasteiger partial charge in [0.05, 0.1) is 11.2 Å². The summed E-state index contributed by atoms with van der Waals surface area (Å²) in [6.07, 6.45) is 3.35. The highest BCUT2D eigenvalue weighted by Gasteiger charge is 2.51. The first-order valence-corrected chi connectivity index (χ1v) is 8.67. The van der Waals surface area contributed by atoms with Gasteiger partial charge in [-0.2, -0.15) is 0 Å². The van der Waals surface area contributed by atoms with E-state index in [1.54, 1.807) is 0 Å². The lowest BCUT2D eigenvalue weighted by Gasteiger charge is -2.32. The lowest BCUT2D eigenvalue weighted by atomic mass is 9.78. The Morgan fingerprint density at radius 1 is 1.12 bits per heavy atom. The van der Waals surface area contributed by atoms with Crippen molar-refractivity contribution in [3.05, 3.63) is 23.8 Å². The van der Waals surface area contributed by atoms with Crippen LogP contribution in [0.3, 0.4) is 0 Å². The molecule has 2 heterocycles. The van der Waals surface area contributed by atoms with Gasteiger partial charge < -0.3 is 24.8 Å². The number of benzene rings is 1. The Balaban J connectivity index is 1.82. The Kier molecular flexibility index (Phi) is 4.73. The van der Waals surface area contributed by atoms with Crippen molar-refractivity contribution in [2.24, 2.45) is 0 Å². The molecule has 0 saturated carbocycles. The molecule has 2 saturated heterocycles. The molecule has 1 aromatic carbocycles. The Hall–Kier alpha value is -1.37. The molecule has 3 rings (SSSR count). The fourth-order valence-corrected chi connectivity index (χ4v) is 3.01. The quantitative estimate of drug-likeness (QED) is 0.658. The van der Waals surface area contributed by atoms with E-state index in [9.17, 15) is 0 Å². The van der Waals surface area contributed by atoms with Crippen LogP contribution in [0.25, 0.3) is 0 Å². The molecule has 0 aliphatic carbocycles. The van der Waals surface area contributed by atoms with Crippen molar-refractivity contribution in [2.45, 2.75) is 57.8 Å². The molecule has 0 bridgehead atoms. The Labute approximate surface area is 144 Å². The second-order valence-electron chi connectivity index (χ2n) is 7.61. The monoisotopic (exact) mass is 330 g/mol. The molecule has 0 spiro atoms. The number of anilines is 1. The van der Waals surface area contributed by atoms with Crippen LogP contribution in [0.1, 0.15) is 46.1 Å². The van der Waals surface area contributed by atoms with Gasteiger partial charge in [-0.3, -0.25) is 0 Å². The van der Waals surface area contributed by atoms with E-state index < -0.39 is 0 Å². The van der Waals surface area contributed by atoms with Crippen LogP contribution < -0.4 is 10.8 Å². The molecule has 2 aliphatic rings. The van der Waals surface area contributed by atoms with Crippen LogP contribution in [0.15, 0.2) is 18.2 Å². The minimum Gasteiger partial charge on any atom is -0.399 e. The van der Waals surface area contributed by atoms with Crippen molar-refractivity contribution in [1.82, 2.24) is 0 Å². The average molecular weight is 330 g/mol. The van der Waals surface area contributed by atoms with Gasteiger partial charge in [-0.05, 0) is 52.1 Å². The number of rotatable bonds is 4. The fraction of sp³-hybridized carbons (Fsp3) is 0.611. The molecule has 0 aromatic heterocycles. The number of hydrogen-bond donors (Lipinski definition) is 2. The zero-order chi connectivity index (χ0) is 17.4. The van der Waals surface area contributed by atoms with Gasteiger partial charge in [0.25, 0.3) is 0 Å². The highest BCUT2D eigenvalue weighted by Crippen LogP contribution is 2.36. The SMILES string of the molecule is CC1(C)OB(c2ccc(C=N)c(NC3CCOCC3)c2)OC1(C)C. The van der Waals surface area contributed by atoms with Gasteiger partial charge in [0.15, 0.2) is 0 Å². The van der Waals surface area contributed by atoms with Gasteiger partial charge in [-0.1, -0.05) is 12.1 Å². The van der Waals surface area contributed by atoms with Crippen molar-refractivity contribution in [3.63, 3.8) is 0 Å². The van der Waals surface area contributed by atoms with Crippen molar-refractivity contribution in [3.8, 4) is 0 Å². The summed E-state index contributed by atoms with van der Waals surface area (Å²) in [6.45, 7) is 9.80. The van der Waals surface area contributed by atoms with E-state index in [1.807, 2.05) is 12.1 Å².